The maximum absolute atomic E-state index is 13.3. The molecule has 0 aliphatic heterocycles. The maximum Gasteiger partial charge on any atom is 0.511 e. The van der Waals surface area contributed by atoms with Gasteiger partial charge in [0.2, 0.25) is 6.29 Å². The number of hydrogen-bond donors (Lipinski definition) is 1. The summed E-state index contributed by atoms with van der Waals surface area (Å²) in [5.41, 5.74) is 3.75. The molecule has 0 bridgehead atoms. The van der Waals surface area contributed by atoms with E-state index in [0.717, 1.165) is 48.8 Å². The Hall–Kier alpha value is -5.26. The number of fused-ring (bicyclic) bond motifs is 1. The lowest BCUT2D eigenvalue weighted by Gasteiger charge is -2.22. The molecule has 2 heterocycles. The molecule has 0 saturated heterocycles. The van der Waals surface area contributed by atoms with E-state index in [1.54, 1.807) is 35.0 Å². The molecule has 1 unspecified atom stereocenters. The molecular weight excluding hydrogens is 564 g/mol. The van der Waals surface area contributed by atoms with Gasteiger partial charge in [0.25, 0.3) is 0 Å². The largest absolute Gasteiger partial charge is 0.511 e. The Bertz CT molecular complexity index is 1850. The fraction of sp³-hybridized carbons (Fsp3) is 0.312. The van der Waals surface area contributed by atoms with Crippen LogP contribution in [0.15, 0.2) is 71.5 Å². The number of benzene rings is 3. The van der Waals surface area contributed by atoms with Gasteiger partial charge >= 0.3 is 17.8 Å². The third-order valence-electron chi connectivity index (χ3n) is 7.71. The van der Waals surface area contributed by atoms with Gasteiger partial charge in [-0.25, -0.2) is 19.1 Å². The summed E-state index contributed by atoms with van der Waals surface area (Å²) in [5, 5.41) is 12.1. The van der Waals surface area contributed by atoms with Gasteiger partial charge in [0, 0.05) is 19.0 Å². The van der Waals surface area contributed by atoms with Crippen LogP contribution in [0.3, 0.4) is 0 Å². The summed E-state index contributed by atoms with van der Waals surface area (Å²) >= 11 is 0. The van der Waals surface area contributed by atoms with Gasteiger partial charge in [-0.1, -0.05) is 48.9 Å². The van der Waals surface area contributed by atoms with E-state index in [2.05, 4.69) is 20.5 Å². The Morgan fingerprint density at radius 1 is 0.955 bits per heavy atom. The average Bonchev–Trinajstić information content (AvgIpc) is 3.65. The second kappa shape index (κ2) is 12.5. The van der Waals surface area contributed by atoms with Crippen molar-refractivity contribution in [1.29, 1.82) is 0 Å². The third-order valence-corrected chi connectivity index (χ3v) is 7.71. The summed E-state index contributed by atoms with van der Waals surface area (Å²) in [6, 6.07) is 20.1. The number of H-pyrrole nitrogens is 1. The molecule has 2 aromatic heterocycles. The zero-order valence-corrected chi connectivity index (χ0v) is 24.4. The number of carbonyl (C=O) groups excluding carboxylic acids is 2. The number of nitrogens with one attached hydrogen (secondary N) is 1. The molecule has 1 atom stereocenters. The molecule has 1 aliphatic carbocycles. The normalized spacial score (nSPS) is 14.3. The van der Waals surface area contributed by atoms with Gasteiger partial charge in [0.05, 0.1) is 22.3 Å². The van der Waals surface area contributed by atoms with Crippen molar-refractivity contribution in [2.75, 3.05) is 0 Å². The Kier molecular flexibility index (Phi) is 8.22. The fourth-order valence-electron chi connectivity index (χ4n) is 5.62. The SMILES string of the molecule is CCn1nnnc1-c1ccccc1-c1ccc(-n2c(=O)[nH]c3cccc(C(=O)OC(C)OC(=O)OC4CCCCC4)c32)cc1. The van der Waals surface area contributed by atoms with E-state index in [1.165, 1.54) is 11.5 Å². The maximum atomic E-state index is 13.3. The van der Waals surface area contributed by atoms with Gasteiger partial charge in [0.15, 0.2) is 5.82 Å². The highest BCUT2D eigenvalue weighted by atomic mass is 16.8. The monoisotopic (exact) mass is 596 g/mol. The van der Waals surface area contributed by atoms with Gasteiger partial charge in [-0.3, -0.25) is 4.57 Å². The lowest BCUT2D eigenvalue weighted by atomic mass is 9.98. The number of carbonyl (C=O) groups is 2. The highest BCUT2D eigenvalue weighted by Crippen LogP contribution is 2.31. The van der Waals surface area contributed by atoms with Crippen molar-refractivity contribution in [3.8, 4) is 28.2 Å². The van der Waals surface area contributed by atoms with Crippen LogP contribution in [-0.2, 0) is 20.8 Å². The first-order valence-electron chi connectivity index (χ1n) is 14.7. The lowest BCUT2D eigenvalue weighted by Crippen LogP contribution is -2.27. The Labute approximate surface area is 252 Å². The van der Waals surface area contributed by atoms with Crippen LogP contribution in [0, 0.1) is 0 Å². The van der Waals surface area contributed by atoms with Crippen LogP contribution in [-0.4, -0.2) is 54.3 Å². The van der Waals surface area contributed by atoms with E-state index in [4.69, 9.17) is 14.2 Å². The van der Waals surface area contributed by atoms with Crippen LogP contribution < -0.4 is 5.69 Å². The van der Waals surface area contributed by atoms with E-state index < -0.39 is 24.1 Å². The molecule has 1 saturated carbocycles. The molecule has 12 nitrogen and oxygen atoms in total. The highest BCUT2D eigenvalue weighted by molar-refractivity contribution is 6.02. The van der Waals surface area contributed by atoms with E-state index in [-0.39, 0.29) is 11.7 Å². The average molecular weight is 597 g/mol. The smallest absolute Gasteiger partial charge is 0.431 e. The number of tetrazole rings is 1. The van der Waals surface area contributed by atoms with Gasteiger partial charge in [0.1, 0.15) is 6.10 Å². The number of aromatic nitrogens is 6. The molecule has 226 valence electrons. The summed E-state index contributed by atoms with van der Waals surface area (Å²) < 4.78 is 19.1. The molecule has 0 amide bonds. The number of ether oxygens (including phenoxy) is 3. The fourth-order valence-corrected chi connectivity index (χ4v) is 5.62. The van der Waals surface area contributed by atoms with Crippen molar-refractivity contribution in [3.05, 3.63) is 82.8 Å². The van der Waals surface area contributed by atoms with Gasteiger partial charge in [-0.05, 0) is 78.4 Å². The first kappa shape index (κ1) is 28.8. The Morgan fingerprint density at radius 3 is 2.45 bits per heavy atom. The molecule has 44 heavy (non-hydrogen) atoms. The summed E-state index contributed by atoms with van der Waals surface area (Å²) in [7, 11) is 0. The zero-order valence-electron chi connectivity index (χ0n) is 24.4. The second-order valence-corrected chi connectivity index (χ2v) is 10.6. The van der Waals surface area contributed by atoms with Crippen LogP contribution in [0.5, 0.6) is 0 Å². The highest BCUT2D eigenvalue weighted by Gasteiger charge is 2.24. The summed E-state index contributed by atoms with van der Waals surface area (Å²) in [6.07, 6.45) is 2.46. The van der Waals surface area contributed by atoms with Crippen molar-refractivity contribution in [2.24, 2.45) is 0 Å². The molecule has 1 aliphatic rings. The molecule has 1 N–H and O–H groups in total. The summed E-state index contributed by atoms with van der Waals surface area (Å²) in [4.78, 5) is 41.5. The Morgan fingerprint density at radius 2 is 1.70 bits per heavy atom. The summed E-state index contributed by atoms with van der Waals surface area (Å²) in [6.45, 7) is 4.04. The second-order valence-electron chi connectivity index (χ2n) is 10.6. The third kappa shape index (κ3) is 5.83. The number of hydrogen-bond acceptors (Lipinski definition) is 9. The lowest BCUT2D eigenvalue weighted by molar-refractivity contribution is -0.0914. The number of aryl methyl sites for hydroxylation is 1. The number of rotatable bonds is 8. The molecule has 12 heteroatoms. The minimum absolute atomic E-state index is 0.137. The molecule has 0 spiro atoms. The van der Waals surface area contributed by atoms with Crippen LogP contribution in [0.1, 0.15) is 56.3 Å². The quantitative estimate of drug-likeness (QED) is 0.178. The molecule has 3 aromatic carbocycles. The van der Waals surface area contributed by atoms with Crippen LogP contribution in [0.25, 0.3) is 39.2 Å². The van der Waals surface area contributed by atoms with Gasteiger partial charge < -0.3 is 19.2 Å². The van der Waals surface area contributed by atoms with Crippen molar-refractivity contribution in [1.82, 2.24) is 29.8 Å². The van der Waals surface area contributed by atoms with Crippen LogP contribution in [0.4, 0.5) is 4.79 Å². The topological polar surface area (TPSA) is 143 Å². The minimum atomic E-state index is -1.19. The van der Waals surface area contributed by atoms with E-state index in [1.807, 2.05) is 43.3 Å². The molecule has 0 radical (unpaired) electrons. The van der Waals surface area contributed by atoms with E-state index >= 15 is 0 Å². The first-order chi connectivity index (χ1) is 21.4. The number of nitrogens with zero attached hydrogens (tertiary/aromatic N) is 5. The zero-order chi connectivity index (χ0) is 30.6. The van der Waals surface area contributed by atoms with Crippen molar-refractivity contribution in [3.63, 3.8) is 0 Å². The number of imidazole rings is 1. The molecule has 5 aromatic rings. The van der Waals surface area contributed by atoms with Gasteiger partial charge in [-0.2, -0.15) is 0 Å². The first-order valence-corrected chi connectivity index (χ1v) is 14.7. The standard InChI is InChI=1S/C32H32N6O6/c1-3-37-29(34-35-36-37)25-13-8-7-12-24(25)21-16-18-22(19-17-21)38-28-26(14-9-15-27(28)33-31(38)40)30(39)42-20(2)43-32(41)44-23-10-5-4-6-11-23/h7-9,12-20,23H,3-6,10-11H2,1-2H3,(H,33,40). The van der Waals surface area contributed by atoms with E-state index in [9.17, 15) is 14.4 Å². The molecular formula is C32H32N6O6. The van der Waals surface area contributed by atoms with Gasteiger partial charge in [-0.15, -0.1) is 5.10 Å². The number of para-hydroxylation sites is 1. The van der Waals surface area contributed by atoms with Crippen LogP contribution >= 0.6 is 0 Å². The summed E-state index contributed by atoms with van der Waals surface area (Å²) in [5.74, 6) is -0.0934. The Balaban J connectivity index is 1.25. The van der Waals surface area contributed by atoms with Crippen molar-refractivity contribution < 1.29 is 23.8 Å². The van der Waals surface area contributed by atoms with Crippen molar-refractivity contribution >= 4 is 23.2 Å². The van der Waals surface area contributed by atoms with Crippen molar-refractivity contribution in [2.45, 2.75) is 64.9 Å². The predicted molar refractivity (Wildman–Crippen MR) is 161 cm³/mol. The van der Waals surface area contributed by atoms with Crippen LogP contribution in [0.2, 0.25) is 0 Å². The minimum Gasteiger partial charge on any atom is -0.431 e. The number of esters is 1. The van der Waals surface area contributed by atoms with E-state index in [0.29, 0.717) is 29.1 Å². The molecule has 1 fully saturated rings. The number of aromatic amines is 1. The predicted octanol–water partition coefficient (Wildman–Crippen LogP) is 5.65. The molecule has 6 rings (SSSR count).